The Morgan fingerprint density at radius 1 is 0.652 bits per heavy atom. The van der Waals surface area contributed by atoms with E-state index in [1.165, 1.54) is 36.8 Å². The summed E-state index contributed by atoms with van der Waals surface area (Å²) in [4.78, 5) is 0. The topological polar surface area (TPSA) is 0 Å². The van der Waals surface area contributed by atoms with Crippen molar-refractivity contribution in [2.24, 2.45) is 0 Å². The summed E-state index contributed by atoms with van der Waals surface area (Å²) in [5.74, 6) is 1.50. The summed E-state index contributed by atoms with van der Waals surface area (Å²) in [7, 11) is 0. The van der Waals surface area contributed by atoms with Crippen LogP contribution in [-0.4, -0.2) is 0 Å². The first-order valence-electron chi connectivity index (χ1n) is 8.12. The summed E-state index contributed by atoms with van der Waals surface area (Å²) < 4.78 is 0. The third-order valence-electron chi connectivity index (χ3n) is 3.96. The van der Waals surface area contributed by atoms with Crippen LogP contribution in [0.25, 0.3) is 0 Å². The van der Waals surface area contributed by atoms with Crippen LogP contribution < -0.4 is 24.8 Å². The van der Waals surface area contributed by atoms with Crippen molar-refractivity contribution in [1.82, 2.24) is 0 Å². The SMILES string of the molecule is CCCC(C)[c-]1cccc1.CCCC(C)[c-]1cccc1.[Cl-].[Cl-].[Zr+4]. The maximum atomic E-state index is 2.29. The van der Waals surface area contributed by atoms with Gasteiger partial charge in [0.05, 0.1) is 0 Å². The largest absolute Gasteiger partial charge is 4.00 e. The van der Waals surface area contributed by atoms with Gasteiger partial charge in [-0.1, -0.05) is 65.2 Å². The molecule has 0 fully saturated rings. The van der Waals surface area contributed by atoms with Crippen molar-refractivity contribution < 1.29 is 51.0 Å². The Morgan fingerprint density at radius 2 is 0.913 bits per heavy atom. The van der Waals surface area contributed by atoms with E-state index in [9.17, 15) is 0 Å². The minimum absolute atomic E-state index is 0. The molecule has 0 spiro atoms. The molecule has 2 aromatic rings. The van der Waals surface area contributed by atoms with E-state index >= 15 is 0 Å². The van der Waals surface area contributed by atoms with Crippen LogP contribution in [0.1, 0.15) is 76.3 Å². The molecule has 2 rings (SSSR count). The second-order valence-electron chi connectivity index (χ2n) is 5.82. The fraction of sp³-hybridized carbons (Fsp3) is 0.500. The molecule has 0 aliphatic carbocycles. The van der Waals surface area contributed by atoms with E-state index in [0.717, 1.165) is 11.8 Å². The van der Waals surface area contributed by atoms with Gasteiger partial charge in [0.15, 0.2) is 0 Å². The van der Waals surface area contributed by atoms with Gasteiger partial charge >= 0.3 is 26.2 Å². The number of halogens is 2. The molecule has 0 saturated heterocycles. The molecule has 0 amide bonds. The van der Waals surface area contributed by atoms with Crippen LogP contribution in [0.5, 0.6) is 0 Å². The molecule has 0 aliphatic rings. The molecular weight excluding hydrogens is 402 g/mol. The van der Waals surface area contributed by atoms with Crippen LogP contribution >= 0.6 is 0 Å². The van der Waals surface area contributed by atoms with Crippen molar-refractivity contribution in [3.63, 3.8) is 0 Å². The quantitative estimate of drug-likeness (QED) is 0.588. The van der Waals surface area contributed by atoms with Gasteiger partial charge in [0.1, 0.15) is 0 Å². The first-order valence-corrected chi connectivity index (χ1v) is 8.12. The van der Waals surface area contributed by atoms with Gasteiger partial charge in [0, 0.05) is 0 Å². The Bertz CT molecular complexity index is 378. The van der Waals surface area contributed by atoms with Gasteiger partial charge in [-0.05, 0) is 0 Å². The average molecular weight is 433 g/mol. The predicted molar refractivity (Wildman–Crippen MR) is 90.7 cm³/mol. The molecule has 2 atom stereocenters. The third kappa shape index (κ3) is 11.4. The van der Waals surface area contributed by atoms with E-state index < -0.39 is 0 Å². The van der Waals surface area contributed by atoms with Crippen LogP contribution in [-0.2, 0) is 26.2 Å². The maximum absolute atomic E-state index is 2.29. The van der Waals surface area contributed by atoms with Crippen LogP contribution in [0.15, 0.2) is 48.5 Å². The Hall–Kier alpha value is 0.163. The van der Waals surface area contributed by atoms with Crippen LogP contribution in [0, 0.1) is 0 Å². The summed E-state index contributed by atoms with van der Waals surface area (Å²) in [6.45, 7) is 9.05. The molecule has 0 N–H and O–H groups in total. The van der Waals surface area contributed by atoms with Gasteiger partial charge in [-0.25, -0.2) is 24.3 Å². The Morgan fingerprint density at radius 3 is 1.13 bits per heavy atom. The summed E-state index contributed by atoms with van der Waals surface area (Å²) in [6, 6.07) is 17.3. The minimum Gasteiger partial charge on any atom is -1.00 e. The second kappa shape index (κ2) is 17.0. The molecular formula is C20H30Cl2Zr. The minimum atomic E-state index is 0. The molecule has 128 valence electrons. The molecule has 0 saturated carbocycles. The summed E-state index contributed by atoms with van der Waals surface area (Å²) >= 11 is 0. The van der Waals surface area contributed by atoms with Crippen molar-refractivity contribution in [2.45, 2.75) is 65.2 Å². The number of hydrogen-bond donors (Lipinski definition) is 0. The molecule has 2 unspecified atom stereocenters. The van der Waals surface area contributed by atoms with E-state index in [0.29, 0.717) is 0 Å². The van der Waals surface area contributed by atoms with E-state index in [1.807, 2.05) is 0 Å². The van der Waals surface area contributed by atoms with Crippen molar-refractivity contribution in [3.05, 3.63) is 59.7 Å². The molecule has 0 radical (unpaired) electrons. The first kappa shape index (κ1) is 28.0. The van der Waals surface area contributed by atoms with Gasteiger partial charge in [0.25, 0.3) is 0 Å². The van der Waals surface area contributed by atoms with Crippen molar-refractivity contribution in [2.75, 3.05) is 0 Å². The second-order valence-corrected chi connectivity index (χ2v) is 5.82. The van der Waals surface area contributed by atoms with Gasteiger partial charge in [-0.15, -0.1) is 0 Å². The van der Waals surface area contributed by atoms with Crippen LogP contribution in [0.2, 0.25) is 0 Å². The Labute approximate surface area is 175 Å². The van der Waals surface area contributed by atoms with Crippen molar-refractivity contribution in [3.8, 4) is 0 Å². The smallest absolute Gasteiger partial charge is 1.00 e. The molecule has 0 aromatic heterocycles. The van der Waals surface area contributed by atoms with Crippen LogP contribution in [0.4, 0.5) is 0 Å². The van der Waals surface area contributed by atoms with Gasteiger partial charge in [-0.2, -0.15) is 35.4 Å². The molecule has 0 heterocycles. The van der Waals surface area contributed by atoms with Crippen molar-refractivity contribution in [1.29, 1.82) is 0 Å². The van der Waals surface area contributed by atoms with Gasteiger partial charge in [-0.3, -0.25) is 0 Å². The summed E-state index contributed by atoms with van der Waals surface area (Å²) in [5.41, 5.74) is 2.98. The maximum Gasteiger partial charge on any atom is 4.00 e. The van der Waals surface area contributed by atoms with E-state index in [4.69, 9.17) is 0 Å². The molecule has 23 heavy (non-hydrogen) atoms. The number of rotatable bonds is 6. The van der Waals surface area contributed by atoms with Gasteiger partial charge < -0.3 is 24.8 Å². The first-order chi connectivity index (χ1) is 9.69. The fourth-order valence-corrected chi connectivity index (χ4v) is 2.63. The number of hydrogen-bond acceptors (Lipinski definition) is 0. The molecule has 2 aromatic carbocycles. The Balaban J connectivity index is -0.000000308. The zero-order chi connectivity index (χ0) is 14.8. The normalized spacial score (nSPS) is 11.7. The molecule has 0 nitrogen and oxygen atoms in total. The predicted octanol–water partition coefficient (Wildman–Crippen LogP) is 0.624. The third-order valence-corrected chi connectivity index (χ3v) is 3.96. The van der Waals surface area contributed by atoms with E-state index in [-0.39, 0.29) is 51.0 Å². The molecule has 0 bridgehead atoms. The monoisotopic (exact) mass is 430 g/mol. The average Bonchev–Trinajstić information content (AvgIpc) is 3.14. The zero-order valence-electron chi connectivity index (χ0n) is 14.9. The fourth-order valence-electron chi connectivity index (χ4n) is 2.63. The summed E-state index contributed by atoms with van der Waals surface area (Å²) in [6.07, 6.45) is 5.19. The Kier molecular flexibility index (Phi) is 20.7. The molecule has 3 heteroatoms. The van der Waals surface area contributed by atoms with Crippen LogP contribution in [0.3, 0.4) is 0 Å². The standard InChI is InChI=1S/2C10H15.2ClH.Zr/c2*1-3-6-9(2)10-7-4-5-8-10;;;/h2*4-5,7-9H,3,6H2,1-2H3;2*1H;/q2*-1;;;+4/p-2. The van der Waals surface area contributed by atoms with Gasteiger partial charge in [0.2, 0.25) is 0 Å². The van der Waals surface area contributed by atoms with E-state index in [1.54, 1.807) is 0 Å². The zero-order valence-corrected chi connectivity index (χ0v) is 18.8. The summed E-state index contributed by atoms with van der Waals surface area (Å²) in [5, 5.41) is 0. The molecule has 0 aliphatic heterocycles. The van der Waals surface area contributed by atoms with E-state index in [2.05, 4.69) is 76.2 Å². The van der Waals surface area contributed by atoms with Crippen molar-refractivity contribution >= 4 is 0 Å².